The largest absolute Gasteiger partial charge is 0.508 e. The van der Waals surface area contributed by atoms with Gasteiger partial charge < -0.3 is 35.0 Å². The van der Waals surface area contributed by atoms with Crippen LogP contribution >= 0.6 is 0 Å². The lowest BCUT2D eigenvalue weighted by atomic mass is 9.99. The van der Waals surface area contributed by atoms with Crippen LogP contribution in [-0.4, -0.2) is 59.4 Å². The highest BCUT2D eigenvalue weighted by molar-refractivity contribution is 6.02. The summed E-state index contributed by atoms with van der Waals surface area (Å²) in [7, 11) is 0. The van der Waals surface area contributed by atoms with E-state index in [-0.39, 0.29) is 11.6 Å². The number of aliphatic hydroxyl groups is 3. The molecule has 2 aromatic carbocycles. The van der Waals surface area contributed by atoms with Crippen LogP contribution in [0.25, 0.3) is 22.2 Å². The molecule has 1 fully saturated rings. The molecule has 0 unspecified atom stereocenters. The lowest BCUT2D eigenvalue weighted by Gasteiger charge is -2.24. The van der Waals surface area contributed by atoms with Crippen LogP contribution in [0.2, 0.25) is 0 Å². The minimum atomic E-state index is -1.36. The molecule has 1 aliphatic heterocycles. The first-order chi connectivity index (χ1) is 16.3. The van der Waals surface area contributed by atoms with Gasteiger partial charge in [-0.1, -0.05) is 12.1 Å². The average Bonchev–Trinajstić information content (AvgIpc) is 3.33. The molecule has 0 aliphatic carbocycles. The molecule has 10 heteroatoms. The number of nitrogens with zero attached hydrogens (tertiary/aromatic N) is 3. The van der Waals surface area contributed by atoms with Gasteiger partial charge in [-0.05, 0) is 48.9 Å². The molecular formula is C24H23FN4O5. The number of nitrogens with one attached hydrogen (secondary N) is 1. The van der Waals surface area contributed by atoms with Gasteiger partial charge in [-0.15, -0.1) is 0 Å². The highest BCUT2D eigenvalue weighted by atomic mass is 19.1. The van der Waals surface area contributed by atoms with Crippen molar-refractivity contribution in [2.45, 2.75) is 31.0 Å². The summed E-state index contributed by atoms with van der Waals surface area (Å²) in [5.74, 6) is 0.161. The number of phenolic OH excluding ortho intramolecular Hbond substituents is 1. The van der Waals surface area contributed by atoms with Crippen LogP contribution < -0.4 is 5.32 Å². The maximum Gasteiger partial charge on any atom is 0.164 e. The molecule has 5 rings (SSSR count). The van der Waals surface area contributed by atoms with Crippen molar-refractivity contribution in [3.63, 3.8) is 0 Å². The number of benzene rings is 2. The molecule has 1 saturated heterocycles. The second-order valence-corrected chi connectivity index (χ2v) is 8.46. The quantitative estimate of drug-likeness (QED) is 0.303. The summed E-state index contributed by atoms with van der Waals surface area (Å²) in [5, 5.41) is 44.5. The Labute approximate surface area is 193 Å². The van der Waals surface area contributed by atoms with E-state index in [4.69, 9.17) is 4.74 Å². The molecule has 5 N–H and O–H groups in total. The molecule has 4 atom stereocenters. The van der Waals surface area contributed by atoms with Crippen LogP contribution in [0.5, 0.6) is 5.75 Å². The molecule has 0 saturated carbocycles. The number of halogens is 1. The Balaban J connectivity index is 1.69. The van der Waals surface area contributed by atoms with Crippen LogP contribution in [0.3, 0.4) is 0 Å². The van der Waals surface area contributed by atoms with Gasteiger partial charge in [0, 0.05) is 17.4 Å². The topological polar surface area (TPSA) is 133 Å². The Morgan fingerprint density at radius 2 is 1.79 bits per heavy atom. The number of aliphatic hydroxyl groups excluding tert-OH is 3. The van der Waals surface area contributed by atoms with E-state index >= 15 is 0 Å². The summed E-state index contributed by atoms with van der Waals surface area (Å²) in [6.45, 7) is 1.03. The number of hydrogen-bond acceptors (Lipinski definition) is 8. The van der Waals surface area contributed by atoms with E-state index in [1.54, 1.807) is 47.2 Å². The van der Waals surface area contributed by atoms with Crippen molar-refractivity contribution in [1.29, 1.82) is 0 Å². The monoisotopic (exact) mass is 466 g/mol. The molecule has 2 aromatic heterocycles. The summed E-state index contributed by atoms with van der Waals surface area (Å²) in [4.78, 5) is 8.78. The molecular weight excluding hydrogens is 443 g/mol. The van der Waals surface area contributed by atoms with E-state index in [1.165, 1.54) is 25.4 Å². The molecule has 3 heterocycles. The smallest absolute Gasteiger partial charge is 0.164 e. The summed E-state index contributed by atoms with van der Waals surface area (Å²) in [6, 6.07) is 12.3. The van der Waals surface area contributed by atoms with Crippen molar-refractivity contribution in [3.05, 3.63) is 66.9 Å². The van der Waals surface area contributed by atoms with E-state index in [9.17, 15) is 24.8 Å². The highest BCUT2D eigenvalue weighted by Crippen LogP contribution is 2.42. The Kier molecular flexibility index (Phi) is 5.45. The number of aromatic nitrogens is 3. The Hall–Kier alpha value is -3.57. The fourth-order valence-electron chi connectivity index (χ4n) is 4.19. The predicted octanol–water partition coefficient (Wildman–Crippen LogP) is 2.69. The van der Waals surface area contributed by atoms with Gasteiger partial charge in [0.05, 0.1) is 12.0 Å². The number of phenols is 1. The molecule has 9 nitrogen and oxygen atoms in total. The third kappa shape index (κ3) is 3.66. The second kappa shape index (κ2) is 8.33. The van der Waals surface area contributed by atoms with E-state index in [2.05, 4.69) is 15.3 Å². The molecule has 0 radical (unpaired) electrons. The van der Waals surface area contributed by atoms with Crippen LogP contribution in [0.4, 0.5) is 15.9 Å². The zero-order chi connectivity index (χ0) is 24.0. The van der Waals surface area contributed by atoms with Gasteiger partial charge in [-0.3, -0.25) is 0 Å². The Morgan fingerprint density at radius 1 is 1.09 bits per heavy atom. The van der Waals surface area contributed by atoms with Crippen LogP contribution in [0, 0.1) is 5.82 Å². The molecule has 0 amide bonds. The van der Waals surface area contributed by atoms with Crippen molar-refractivity contribution >= 4 is 22.5 Å². The number of ether oxygens (including phenoxy) is 1. The first-order valence-corrected chi connectivity index (χ1v) is 10.6. The van der Waals surface area contributed by atoms with Crippen molar-refractivity contribution < 1.29 is 29.6 Å². The van der Waals surface area contributed by atoms with Gasteiger partial charge in [0.2, 0.25) is 0 Å². The lowest BCUT2D eigenvalue weighted by molar-refractivity contribution is -0.115. The minimum absolute atomic E-state index is 0.102. The van der Waals surface area contributed by atoms with E-state index in [1.807, 2.05) is 0 Å². The van der Waals surface area contributed by atoms with Gasteiger partial charge in [-0.25, -0.2) is 14.4 Å². The molecule has 1 aliphatic rings. The number of rotatable bonds is 5. The molecule has 176 valence electrons. The van der Waals surface area contributed by atoms with Crippen molar-refractivity contribution in [3.8, 4) is 16.9 Å². The standard InChI is InChI=1S/C24H23FN4O5/c1-24(11-30)20(33)19(32)23(34-24)29-10-17(13-2-8-16(31)9-3-13)18-21(26-12-27-22(18)29)28-15-6-4-14(25)5-7-15/h2-10,12,19-20,23,30-33H,11H2,1H3,(H,26,27,28)/t19-,20+,23-,24-/m1/s1. The SMILES string of the molecule is C[C@]1(CO)O[C@@H](n2cc(-c3ccc(O)cc3)c3c(Nc4ccc(F)cc4)ncnc32)[C@H](O)[C@@H]1O. The van der Waals surface area contributed by atoms with Crippen LogP contribution in [-0.2, 0) is 4.74 Å². The van der Waals surface area contributed by atoms with E-state index in [0.717, 1.165) is 5.56 Å². The van der Waals surface area contributed by atoms with Gasteiger partial charge in [0.1, 0.15) is 47.2 Å². The van der Waals surface area contributed by atoms with Crippen molar-refractivity contribution in [1.82, 2.24) is 14.5 Å². The number of anilines is 2. The van der Waals surface area contributed by atoms with Gasteiger partial charge in [-0.2, -0.15) is 0 Å². The fraction of sp³-hybridized carbons (Fsp3) is 0.250. The van der Waals surface area contributed by atoms with Gasteiger partial charge >= 0.3 is 0 Å². The number of aromatic hydroxyl groups is 1. The van der Waals surface area contributed by atoms with Crippen LogP contribution in [0.1, 0.15) is 13.2 Å². The normalized spacial score (nSPS) is 24.6. The summed E-state index contributed by atoms with van der Waals surface area (Å²) < 4.78 is 20.9. The van der Waals surface area contributed by atoms with Crippen molar-refractivity contribution in [2.24, 2.45) is 0 Å². The zero-order valence-corrected chi connectivity index (χ0v) is 18.1. The zero-order valence-electron chi connectivity index (χ0n) is 18.1. The molecule has 0 bridgehead atoms. The van der Waals surface area contributed by atoms with Gasteiger partial charge in [0.15, 0.2) is 6.23 Å². The second-order valence-electron chi connectivity index (χ2n) is 8.46. The third-order valence-corrected chi connectivity index (χ3v) is 6.11. The molecule has 4 aromatic rings. The Morgan fingerprint density at radius 3 is 2.44 bits per heavy atom. The third-order valence-electron chi connectivity index (χ3n) is 6.11. The fourth-order valence-corrected chi connectivity index (χ4v) is 4.19. The first kappa shape index (κ1) is 22.2. The predicted molar refractivity (Wildman–Crippen MR) is 122 cm³/mol. The summed E-state index contributed by atoms with van der Waals surface area (Å²) >= 11 is 0. The van der Waals surface area contributed by atoms with E-state index < -0.39 is 30.6 Å². The summed E-state index contributed by atoms with van der Waals surface area (Å²) in [5.41, 5.74) is 1.05. The Bertz CT molecular complexity index is 1330. The maximum atomic E-state index is 13.4. The highest BCUT2D eigenvalue weighted by Gasteiger charge is 2.52. The van der Waals surface area contributed by atoms with Gasteiger partial charge in [0.25, 0.3) is 0 Å². The lowest BCUT2D eigenvalue weighted by Crippen LogP contribution is -2.43. The average molecular weight is 466 g/mol. The number of fused-ring (bicyclic) bond motifs is 1. The van der Waals surface area contributed by atoms with Crippen molar-refractivity contribution in [2.75, 3.05) is 11.9 Å². The van der Waals surface area contributed by atoms with E-state index in [0.29, 0.717) is 28.1 Å². The van der Waals surface area contributed by atoms with Crippen LogP contribution in [0.15, 0.2) is 61.1 Å². The number of hydrogen-bond donors (Lipinski definition) is 5. The molecule has 0 spiro atoms. The summed E-state index contributed by atoms with van der Waals surface area (Å²) in [6.07, 6.45) is -0.631. The minimum Gasteiger partial charge on any atom is -0.508 e. The first-order valence-electron chi connectivity index (χ1n) is 10.6. The molecule has 34 heavy (non-hydrogen) atoms. The maximum absolute atomic E-state index is 13.4.